The van der Waals surface area contributed by atoms with Crippen LogP contribution in [0.25, 0.3) is 0 Å². The van der Waals surface area contributed by atoms with Crippen molar-refractivity contribution in [2.24, 2.45) is 4.99 Å². The van der Waals surface area contributed by atoms with Gasteiger partial charge in [-0.05, 0) is 38.7 Å². The van der Waals surface area contributed by atoms with E-state index in [-0.39, 0.29) is 11.8 Å². The Bertz CT molecular complexity index is 571. The van der Waals surface area contributed by atoms with Crippen LogP contribution in [0.2, 0.25) is 0 Å². The van der Waals surface area contributed by atoms with Gasteiger partial charge in [-0.1, -0.05) is 30.3 Å². The average molecular weight is 340 g/mol. The van der Waals surface area contributed by atoms with Crippen LogP contribution in [0.1, 0.15) is 32.3 Å². The van der Waals surface area contributed by atoms with E-state index in [0.29, 0.717) is 6.42 Å². The minimum absolute atomic E-state index is 0.0663. The Kier molecular flexibility index (Phi) is 8.69. The molecule has 0 saturated heterocycles. The van der Waals surface area contributed by atoms with Gasteiger partial charge in [0, 0.05) is 25.4 Å². The molecular weight excluding hydrogens is 310 g/mol. The molecule has 0 aromatic heterocycles. The lowest BCUT2D eigenvalue weighted by molar-refractivity contribution is 0.581. The van der Waals surface area contributed by atoms with Crippen LogP contribution < -0.4 is 10.6 Å². The molecule has 1 aromatic carbocycles. The molecule has 0 heterocycles. The fraction of sp³-hybridized carbons (Fsp3) is 0.588. The Labute approximate surface area is 140 Å². The Hall–Kier alpha value is -1.56. The average Bonchev–Trinajstić information content (AvgIpc) is 2.50. The number of guanidine groups is 1. The summed E-state index contributed by atoms with van der Waals surface area (Å²) in [6.07, 6.45) is 3.83. The zero-order valence-electron chi connectivity index (χ0n) is 14.4. The van der Waals surface area contributed by atoms with Crippen molar-refractivity contribution < 1.29 is 8.42 Å². The zero-order chi connectivity index (χ0) is 17.1. The molecule has 0 bridgehead atoms. The molecule has 1 rings (SSSR count). The highest BCUT2D eigenvalue weighted by Gasteiger charge is 2.09. The van der Waals surface area contributed by atoms with Gasteiger partial charge in [0.15, 0.2) is 5.96 Å². The van der Waals surface area contributed by atoms with Gasteiger partial charge in [-0.25, -0.2) is 8.42 Å². The first-order valence-corrected chi connectivity index (χ1v) is 10.2. The predicted octanol–water partition coefficient (Wildman–Crippen LogP) is 2.00. The fourth-order valence-corrected chi connectivity index (χ4v) is 2.92. The van der Waals surface area contributed by atoms with Crippen molar-refractivity contribution in [3.63, 3.8) is 0 Å². The highest BCUT2D eigenvalue weighted by Crippen LogP contribution is 2.02. The number of hydrogen-bond acceptors (Lipinski definition) is 3. The molecule has 0 aliphatic rings. The second-order valence-corrected chi connectivity index (χ2v) is 8.07. The SMILES string of the molecule is CCNC(=NCCCc1ccccc1)NC(C)CCS(C)(=O)=O. The molecule has 0 spiro atoms. The lowest BCUT2D eigenvalue weighted by Gasteiger charge is -2.17. The summed E-state index contributed by atoms with van der Waals surface area (Å²) in [7, 11) is -2.92. The third-order valence-corrected chi connectivity index (χ3v) is 4.36. The van der Waals surface area contributed by atoms with E-state index < -0.39 is 9.84 Å². The first kappa shape index (κ1) is 19.5. The van der Waals surface area contributed by atoms with Gasteiger partial charge in [-0.15, -0.1) is 0 Å². The minimum Gasteiger partial charge on any atom is -0.357 e. The largest absolute Gasteiger partial charge is 0.357 e. The van der Waals surface area contributed by atoms with Crippen molar-refractivity contribution in [2.75, 3.05) is 25.1 Å². The van der Waals surface area contributed by atoms with Crippen LogP contribution in [0.3, 0.4) is 0 Å². The van der Waals surface area contributed by atoms with Crippen LogP contribution in [0.4, 0.5) is 0 Å². The summed E-state index contributed by atoms with van der Waals surface area (Å²) >= 11 is 0. The summed E-state index contributed by atoms with van der Waals surface area (Å²) in [5, 5.41) is 6.46. The molecule has 0 radical (unpaired) electrons. The van der Waals surface area contributed by atoms with E-state index in [9.17, 15) is 8.42 Å². The molecule has 0 amide bonds. The van der Waals surface area contributed by atoms with Crippen LogP contribution in [-0.4, -0.2) is 45.5 Å². The molecule has 0 aliphatic heterocycles. The smallest absolute Gasteiger partial charge is 0.191 e. The van der Waals surface area contributed by atoms with E-state index in [1.807, 2.05) is 32.0 Å². The van der Waals surface area contributed by atoms with Crippen LogP contribution in [-0.2, 0) is 16.3 Å². The molecule has 0 saturated carbocycles. The Balaban J connectivity index is 2.40. The number of aliphatic imine (C=N–C) groups is 1. The second kappa shape index (κ2) is 10.3. The number of hydrogen-bond donors (Lipinski definition) is 2. The fourth-order valence-electron chi connectivity index (χ4n) is 2.14. The van der Waals surface area contributed by atoms with Crippen LogP contribution in [0, 0.1) is 0 Å². The molecule has 23 heavy (non-hydrogen) atoms. The van der Waals surface area contributed by atoms with Gasteiger partial charge in [0.2, 0.25) is 0 Å². The molecule has 1 atom stereocenters. The highest BCUT2D eigenvalue weighted by molar-refractivity contribution is 7.90. The first-order valence-electron chi connectivity index (χ1n) is 8.17. The summed E-state index contributed by atoms with van der Waals surface area (Å²) in [6, 6.07) is 10.4. The number of sulfone groups is 1. The van der Waals surface area contributed by atoms with Crippen molar-refractivity contribution in [3.05, 3.63) is 35.9 Å². The number of benzene rings is 1. The lowest BCUT2D eigenvalue weighted by Crippen LogP contribution is -2.42. The monoisotopic (exact) mass is 339 g/mol. The van der Waals surface area contributed by atoms with E-state index in [4.69, 9.17) is 0 Å². The minimum atomic E-state index is -2.92. The van der Waals surface area contributed by atoms with Crippen LogP contribution >= 0.6 is 0 Å². The number of nitrogens with zero attached hydrogens (tertiary/aromatic N) is 1. The van der Waals surface area contributed by atoms with Crippen molar-refractivity contribution >= 4 is 15.8 Å². The zero-order valence-corrected chi connectivity index (χ0v) is 15.2. The molecule has 2 N–H and O–H groups in total. The Morgan fingerprint density at radius 3 is 2.57 bits per heavy atom. The summed E-state index contributed by atoms with van der Waals surface area (Å²) < 4.78 is 22.4. The van der Waals surface area contributed by atoms with E-state index in [1.54, 1.807) is 0 Å². The van der Waals surface area contributed by atoms with Crippen molar-refractivity contribution in [2.45, 2.75) is 39.2 Å². The maximum atomic E-state index is 11.2. The normalized spacial score (nSPS) is 13.6. The summed E-state index contributed by atoms with van der Waals surface area (Å²) in [6.45, 7) is 5.51. The molecule has 1 aromatic rings. The number of rotatable bonds is 9. The topological polar surface area (TPSA) is 70.6 Å². The van der Waals surface area contributed by atoms with Crippen molar-refractivity contribution in [1.29, 1.82) is 0 Å². The maximum absolute atomic E-state index is 11.2. The number of aryl methyl sites for hydroxylation is 1. The molecule has 5 nitrogen and oxygen atoms in total. The van der Waals surface area contributed by atoms with E-state index in [1.165, 1.54) is 11.8 Å². The molecule has 0 aliphatic carbocycles. The van der Waals surface area contributed by atoms with Gasteiger partial charge in [0.25, 0.3) is 0 Å². The van der Waals surface area contributed by atoms with Crippen molar-refractivity contribution in [1.82, 2.24) is 10.6 Å². The quantitative estimate of drug-likeness (QED) is 0.410. The van der Waals surface area contributed by atoms with Gasteiger partial charge in [0.05, 0.1) is 5.75 Å². The van der Waals surface area contributed by atoms with Crippen LogP contribution in [0.5, 0.6) is 0 Å². The maximum Gasteiger partial charge on any atom is 0.191 e. The first-order chi connectivity index (χ1) is 10.9. The number of nitrogens with one attached hydrogen (secondary N) is 2. The van der Waals surface area contributed by atoms with E-state index in [2.05, 4.69) is 27.8 Å². The van der Waals surface area contributed by atoms with Gasteiger partial charge in [-0.3, -0.25) is 4.99 Å². The third-order valence-electron chi connectivity index (χ3n) is 3.39. The third kappa shape index (κ3) is 9.94. The Morgan fingerprint density at radius 1 is 1.26 bits per heavy atom. The highest BCUT2D eigenvalue weighted by atomic mass is 32.2. The van der Waals surface area contributed by atoms with E-state index >= 15 is 0 Å². The molecule has 130 valence electrons. The van der Waals surface area contributed by atoms with Crippen LogP contribution in [0.15, 0.2) is 35.3 Å². The molecule has 6 heteroatoms. The molecule has 0 fully saturated rings. The summed E-state index contributed by atoms with van der Waals surface area (Å²) in [5.41, 5.74) is 1.32. The van der Waals surface area contributed by atoms with Gasteiger partial charge >= 0.3 is 0 Å². The second-order valence-electron chi connectivity index (χ2n) is 5.81. The Morgan fingerprint density at radius 2 is 1.96 bits per heavy atom. The summed E-state index contributed by atoms with van der Waals surface area (Å²) in [4.78, 5) is 4.56. The summed E-state index contributed by atoms with van der Waals surface area (Å²) in [5.74, 6) is 0.941. The van der Waals surface area contributed by atoms with Gasteiger partial charge in [-0.2, -0.15) is 0 Å². The van der Waals surface area contributed by atoms with E-state index in [0.717, 1.165) is 31.9 Å². The lowest BCUT2D eigenvalue weighted by atomic mass is 10.1. The van der Waals surface area contributed by atoms with Gasteiger partial charge in [0.1, 0.15) is 9.84 Å². The molecule has 1 unspecified atom stereocenters. The predicted molar refractivity (Wildman–Crippen MR) is 97.7 cm³/mol. The molecular formula is C17H29N3O2S. The van der Waals surface area contributed by atoms with Crippen molar-refractivity contribution in [3.8, 4) is 0 Å². The van der Waals surface area contributed by atoms with Gasteiger partial charge < -0.3 is 10.6 Å². The standard InChI is InChI=1S/C17H29N3O2S/c1-4-18-17(20-15(2)12-14-23(3,21)22)19-13-8-11-16-9-6-5-7-10-16/h5-7,9-10,15H,4,8,11-14H2,1-3H3,(H2,18,19,20).